The zero-order chi connectivity index (χ0) is 16.4. The Morgan fingerprint density at radius 3 is 2.48 bits per heavy atom. The van der Waals surface area contributed by atoms with Gasteiger partial charge in [0.05, 0.1) is 6.20 Å². The molecule has 0 aliphatic heterocycles. The van der Waals surface area contributed by atoms with Gasteiger partial charge in [-0.2, -0.15) is 4.39 Å². The number of Topliss-reactive ketones (excluding diaryl/α,β-unsaturated/α-hetero) is 1. The monoisotopic (exact) mass is 301 g/mol. The molecule has 0 aliphatic rings. The molecule has 0 radical (unpaired) electrons. The maximum atomic E-state index is 12.9. The number of carbonyl (C=O) groups excluding carboxylic acids is 2. The molecule has 0 fully saturated rings. The fourth-order valence-corrected chi connectivity index (χ4v) is 1.38. The molecule has 1 heterocycles. The molecule has 0 bridgehead atoms. The molecule has 8 heteroatoms. The number of aromatic amines is 1. The summed E-state index contributed by atoms with van der Waals surface area (Å²) < 4.78 is 13.4. The number of nitrogens with one attached hydrogen (secondary N) is 2. The minimum atomic E-state index is -1.22. The number of amides is 1. The Labute approximate surface area is 121 Å². The van der Waals surface area contributed by atoms with Crippen molar-refractivity contribution in [3.05, 3.63) is 32.9 Å². The minimum Gasteiger partial charge on any atom is -0.337 e. The normalized spacial score (nSPS) is 9.52. The molecule has 0 atom stereocenters. The molecule has 0 aromatic carbocycles. The lowest BCUT2D eigenvalue weighted by molar-refractivity contribution is -0.117. The van der Waals surface area contributed by atoms with Gasteiger partial charge < -0.3 is 10.1 Å². The first-order chi connectivity index (χ1) is 9.91. The summed E-state index contributed by atoms with van der Waals surface area (Å²) in [6.07, 6.45) is 2.13. The summed E-state index contributed by atoms with van der Waals surface area (Å²) >= 11 is 0. The van der Waals surface area contributed by atoms with Gasteiger partial charge in [-0.25, -0.2) is 14.2 Å². The first-order valence-electron chi connectivity index (χ1n) is 6.71. The van der Waals surface area contributed by atoms with E-state index >= 15 is 0 Å². The number of ketones is 1. The number of hydrogen-bond donors (Lipinski definition) is 2. The number of hydrogen-bond acceptors (Lipinski definition) is 4. The van der Waals surface area contributed by atoms with E-state index in [0.29, 0.717) is 30.0 Å². The van der Waals surface area contributed by atoms with Crippen LogP contribution < -0.4 is 16.6 Å². The lowest BCUT2D eigenvalue weighted by Crippen LogP contribution is -2.40. The number of carbonyl (C=O) groups is 2. The predicted octanol–water partition coefficient (Wildman–Crippen LogP) is 1.02. The van der Waals surface area contributed by atoms with E-state index in [1.807, 2.05) is 13.8 Å². The number of halogens is 1. The van der Waals surface area contributed by atoms with Crippen molar-refractivity contribution in [1.82, 2.24) is 14.9 Å². The van der Waals surface area contributed by atoms with E-state index in [1.165, 1.54) is 6.92 Å². The summed E-state index contributed by atoms with van der Waals surface area (Å²) in [4.78, 5) is 45.9. The van der Waals surface area contributed by atoms with Gasteiger partial charge in [0.1, 0.15) is 5.78 Å². The van der Waals surface area contributed by atoms with Crippen LogP contribution in [0.4, 0.5) is 9.18 Å². The lowest BCUT2D eigenvalue weighted by Gasteiger charge is -2.06. The van der Waals surface area contributed by atoms with Crippen LogP contribution in [0.25, 0.3) is 0 Å². The van der Waals surface area contributed by atoms with Crippen molar-refractivity contribution in [2.75, 3.05) is 6.54 Å². The van der Waals surface area contributed by atoms with Crippen LogP contribution >= 0.6 is 0 Å². The van der Waals surface area contributed by atoms with E-state index in [4.69, 9.17) is 0 Å². The average molecular weight is 301 g/mol. The van der Waals surface area contributed by atoms with Gasteiger partial charge in [0.2, 0.25) is 5.82 Å². The fraction of sp³-hybridized carbons (Fsp3) is 0.538. The molecule has 0 saturated carbocycles. The molecular weight excluding hydrogens is 281 g/mol. The van der Waals surface area contributed by atoms with Crippen LogP contribution in [0.2, 0.25) is 0 Å². The summed E-state index contributed by atoms with van der Waals surface area (Å²) in [5.41, 5.74) is -2.18. The first-order valence-corrected chi connectivity index (χ1v) is 6.71. The van der Waals surface area contributed by atoms with Crippen LogP contribution in [0.15, 0.2) is 15.8 Å². The Morgan fingerprint density at radius 1 is 1.29 bits per heavy atom. The van der Waals surface area contributed by atoms with Crippen LogP contribution in [0, 0.1) is 5.82 Å². The highest BCUT2D eigenvalue weighted by atomic mass is 19.1. The Balaban J connectivity index is 0.00000191. The standard InChI is InChI=1S/C11H14FN3O4.C2H6/c1-7(16)4-2-3-5-13-10(18)15-6-8(12)9(17)14-11(15)19;1-2/h6H,2-5H2,1H3,(H,13,18)(H,14,17,19);1-2H3. The summed E-state index contributed by atoms with van der Waals surface area (Å²) in [5.74, 6) is -1.16. The highest BCUT2D eigenvalue weighted by Crippen LogP contribution is 1.94. The molecule has 1 aromatic rings. The minimum absolute atomic E-state index is 0.0604. The number of unbranched alkanes of at least 4 members (excludes halogenated alkanes) is 1. The number of rotatable bonds is 5. The Hall–Kier alpha value is -2.25. The number of aromatic nitrogens is 2. The zero-order valence-corrected chi connectivity index (χ0v) is 12.4. The third kappa shape index (κ3) is 6.64. The van der Waals surface area contributed by atoms with Crippen molar-refractivity contribution in [2.24, 2.45) is 0 Å². The summed E-state index contributed by atoms with van der Waals surface area (Å²) in [6.45, 7) is 5.72. The highest BCUT2D eigenvalue weighted by molar-refractivity contribution is 5.76. The SMILES string of the molecule is CC.CC(=O)CCCCNC(=O)n1cc(F)c(=O)[nH]c1=O. The van der Waals surface area contributed by atoms with Crippen LogP contribution in [-0.2, 0) is 4.79 Å². The van der Waals surface area contributed by atoms with E-state index in [9.17, 15) is 23.6 Å². The van der Waals surface area contributed by atoms with Gasteiger partial charge in [-0.3, -0.25) is 9.78 Å². The molecular formula is C13H20FN3O4. The van der Waals surface area contributed by atoms with Crippen molar-refractivity contribution < 1.29 is 14.0 Å². The molecule has 1 rings (SSSR count). The lowest BCUT2D eigenvalue weighted by atomic mass is 10.2. The van der Waals surface area contributed by atoms with Crippen molar-refractivity contribution in [2.45, 2.75) is 40.0 Å². The summed E-state index contributed by atoms with van der Waals surface area (Å²) in [6, 6.07) is -0.831. The third-order valence-corrected chi connectivity index (χ3v) is 2.35. The van der Waals surface area contributed by atoms with Crippen LogP contribution in [0.3, 0.4) is 0 Å². The number of nitrogens with zero attached hydrogens (tertiary/aromatic N) is 1. The van der Waals surface area contributed by atoms with E-state index in [0.717, 1.165) is 0 Å². The molecule has 1 amide bonds. The molecule has 0 saturated heterocycles. The largest absolute Gasteiger partial charge is 0.337 e. The van der Waals surface area contributed by atoms with Crippen LogP contribution in [-0.4, -0.2) is 27.9 Å². The van der Waals surface area contributed by atoms with Gasteiger partial charge in [-0.1, -0.05) is 13.8 Å². The molecule has 0 aliphatic carbocycles. The first kappa shape index (κ1) is 18.8. The smallest absolute Gasteiger partial charge is 0.336 e. The van der Waals surface area contributed by atoms with Crippen molar-refractivity contribution in [3.63, 3.8) is 0 Å². The molecule has 118 valence electrons. The van der Waals surface area contributed by atoms with Crippen molar-refractivity contribution in [3.8, 4) is 0 Å². The topological polar surface area (TPSA) is 101 Å². The van der Waals surface area contributed by atoms with Crippen LogP contribution in [0.5, 0.6) is 0 Å². The summed E-state index contributed by atoms with van der Waals surface area (Å²) in [5, 5.41) is 2.38. The van der Waals surface area contributed by atoms with Crippen LogP contribution in [0.1, 0.15) is 40.0 Å². The number of H-pyrrole nitrogens is 1. The molecule has 7 nitrogen and oxygen atoms in total. The van der Waals surface area contributed by atoms with Crippen molar-refractivity contribution in [1.29, 1.82) is 0 Å². The van der Waals surface area contributed by atoms with E-state index < -0.39 is 23.1 Å². The second kappa shape index (κ2) is 9.62. The molecule has 21 heavy (non-hydrogen) atoms. The van der Waals surface area contributed by atoms with Gasteiger partial charge in [0, 0.05) is 13.0 Å². The predicted molar refractivity (Wildman–Crippen MR) is 76.0 cm³/mol. The fourth-order valence-electron chi connectivity index (χ4n) is 1.38. The Kier molecular flexibility index (Phi) is 8.59. The Bertz CT molecular complexity index is 592. The maximum Gasteiger partial charge on any atom is 0.336 e. The second-order valence-electron chi connectivity index (χ2n) is 4.00. The molecule has 0 unspecified atom stereocenters. The van der Waals surface area contributed by atoms with Crippen molar-refractivity contribution >= 4 is 11.8 Å². The maximum absolute atomic E-state index is 12.9. The highest BCUT2D eigenvalue weighted by Gasteiger charge is 2.10. The molecule has 2 N–H and O–H groups in total. The zero-order valence-electron chi connectivity index (χ0n) is 12.4. The summed E-state index contributed by atoms with van der Waals surface area (Å²) in [7, 11) is 0. The second-order valence-corrected chi connectivity index (χ2v) is 4.00. The van der Waals surface area contributed by atoms with E-state index in [-0.39, 0.29) is 12.3 Å². The van der Waals surface area contributed by atoms with Gasteiger partial charge in [0.15, 0.2) is 0 Å². The molecule has 1 aromatic heterocycles. The van der Waals surface area contributed by atoms with Gasteiger partial charge in [0.25, 0.3) is 5.56 Å². The van der Waals surface area contributed by atoms with Gasteiger partial charge in [-0.15, -0.1) is 0 Å². The third-order valence-electron chi connectivity index (χ3n) is 2.35. The van der Waals surface area contributed by atoms with E-state index in [2.05, 4.69) is 5.32 Å². The molecule has 0 spiro atoms. The van der Waals surface area contributed by atoms with Gasteiger partial charge >= 0.3 is 11.7 Å². The van der Waals surface area contributed by atoms with Gasteiger partial charge in [-0.05, 0) is 19.8 Å². The van der Waals surface area contributed by atoms with E-state index in [1.54, 1.807) is 4.98 Å². The average Bonchev–Trinajstić information content (AvgIpc) is 2.44. The Morgan fingerprint density at radius 2 is 1.90 bits per heavy atom. The quantitative estimate of drug-likeness (QED) is 0.793.